The van der Waals surface area contributed by atoms with Crippen molar-refractivity contribution in [2.75, 3.05) is 20.1 Å². The van der Waals surface area contributed by atoms with E-state index in [9.17, 15) is 0 Å². The smallest absolute Gasteiger partial charge is 0.0963 e. The molecule has 0 saturated heterocycles. The molecular weight excluding hydrogens is 198 g/mol. The molecule has 0 atom stereocenters. The van der Waals surface area contributed by atoms with Gasteiger partial charge in [0, 0.05) is 12.0 Å². The van der Waals surface area contributed by atoms with Crippen molar-refractivity contribution < 1.29 is 0 Å². The van der Waals surface area contributed by atoms with E-state index in [0.717, 1.165) is 31.8 Å². The lowest BCUT2D eigenvalue weighted by atomic mass is 9.86. The first-order valence-corrected chi connectivity index (χ1v) is 6.28. The monoisotopic (exact) mass is 227 g/mol. The summed E-state index contributed by atoms with van der Waals surface area (Å²) in [6.45, 7) is 10.9. The molecule has 0 unspecified atom stereocenters. The third kappa shape index (κ3) is 6.83. The Morgan fingerprint density at radius 3 is 2.31 bits per heavy atom. The predicted octanol–water partition coefficient (Wildman–Crippen LogP) is 2.71. The Balaban J connectivity index is 3.64. The molecule has 0 aliphatic heterocycles. The fourth-order valence-electron chi connectivity index (χ4n) is 1.80. The van der Waals surface area contributed by atoms with Gasteiger partial charge in [0.2, 0.25) is 0 Å². The average molecular weight is 227 g/mol. The minimum Gasteiger partial charge on any atom is -0.387 e. The summed E-state index contributed by atoms with van der Waals surface area (Å²) in [4.78, 5) is 2.38. The van der Waals surface area contributed by atoms with Gasteiger partial charge in [-0.15, -0.1) is 0 Å². The van der Waals surface area contributed by atoms with Crippen molar-refractivity contribution >= 4 is 5.84 Å². The Bertz CT molecular complexity index is 209. The van der Waals surface area contributed by atoms with E-state index >= 15 is 0 Å². The van der Waals surface area contributed by atoms with Crippen LogP contribution >= 0.6 is 0 Å². The topological polar surface area (TPSA) is 53.1 Å². The Morgan fingerprint density at radius 2 is 1.88 bits per heavy atom. The van der Waals surface area contributed by atoms with Gasteiger partial charge in [-0.05, 0) is 32.4 Å². The zero-order chi connectivity index (χ0) is 12.8. The number of amidine groups is 1. The Kier molecular flexibility index (Phi) is 6.65. The van der Waals surface area contributed by atoms with E-state index in [-0.39, 0.29) is 5.41 Å². The Labute approximate surface area is 101 Å². The second kappa shape index (κ2) is 6.89. The van der Waals surface area contributed by atoms with E-state index in [0.29, 0.717) is 5.84 Å². The van der Waals surface area contributed by atoms with Crippen molar-refractivity contribution in [1.29, 1.82) is 5.41 Å². The van der Waals surface area contributed by atoms with Gasteiger partial charge in [-0.25, -0.2) is 0 Å². The first kappa shape index (κ1) is 15.4. The molecule has 0 aromatic heterocycles. The normalized spacial score (nSPS) is 12.4. The summed E-state index contributed by atoms with van der Waals surface area (Å²) in [7, 11) is 2.18. The largest absolute Gasteiger partial charge is 0.387 e. The average Bonchev–Trinajstić information content (AvgIpc) is 2.11. The molecule has 0 rings (SSSR count). The van der Waals surface area contributed by atoms with Crippen LogP contribution in [0.25, 0.3) is 0 Å². The minimum atomic E-state index is -0.128. The van der Waals surface area contributed by atoms with E-state index in [4.69, 9.17) is 11.1 Å². The van der Waals surface area contributed by atoms with Crippen LogP contribution in [0.5, 0.6) is 0 Å². The summed E-state index contributed by atoms with van der Waals surface area (Å²) >= 11 is 0. The van der Waals surface area contributed by atoms with Crippen LogP contribution in [0.15, 0.2) is 0 Å². The van der Waals surface area contributed by atoms with Crippen LogP contribution < -0.4 is 5.73 Å². The predicted molar refractivity (Wildman–Crippen MR) is 71.9 cm³/mol. The molecule has 0 aromatic carbocycles. The number of rotatable bonds is 8. The van der Waals surface area contributed by atoms with Crippen molar-refractivity contribution in [3.8, 4) is 0 Å². The molecule has 0 heterocycles. The Morgan fingerprint density at radius 1 is 1.31 bits per heavy atom. The maximum atomic E-state index is 7.48. The molecule has 0 aliphatic rings. The first-order chi connectivity index (χ1) is 7.25. The molecule has 0 radical (unpaired) electrons. The summed E-state index contributed by atoms with van der Waals surface area (Å²) in [5.41, 5.74) is 5.42. The number of hydrogen-bond acceptors (Lipinski definition) is 2. The summed E-state index contributed by atoms with van der Waals surface area (Å²) in [5.74, 6) is 1.04. The SMILES string of the molecule is CC(C)CN(C)CCCCC(C)(C)C(=N)N. The van der Waals surface area contributed by atoms with Crippen LogP contribution in [-0.2, 0) is 0 Å². The van der Waals surface area contributed by atoms with Gasteiger partial charge in [0.25, 0.3) is 0 Å². The first-order valence-electron chi connectivity index (χ1n) is 6.28. The lowest BCUT2D eigenvalue weighted by Gasteiger charge is -2.24. The molecule has 0 aromatic rings. The van der Waals surface area contributed by atoms with E-state index in [1.165, 1.54) is 6.42 Å². The lowest BCUT2D eigenvalue weighted by molar-refractivity contribution is 0.283. The van der Waals surface area contributed by atoms with E-state index in [1.807, 2.05) is 13.8 Å². The fourth-order valence-corrected chi connectivity index (χ4v) is 1.80. The van der Waals surface area contributed by atoms with Gasteiger partial charge in [-0.3, -0.25) is 5.41 Å². The molecule has 0 saturated carbocycles. The number of nitrogens with one attached hydrogen (secondary N) is 1. The van der Waals surface area contributed by atoms with Crippen molar-refractivity contribution in [1.82, 2.24) is 4.90 Å². The van der Waals surface area contributed by atoms with Crippen molar-refractivity contribution in [2.24, 2.45) is 17.1 Å². The number of hydrogen-bond donors (Lipinski definition) is 2. The van der Waals surface area contributed by atoms with Crippen LogP contribution in [0.3, 0.4) is 0 Å². The standard InChI is InChI=1S/C13H29N3/c1-11(2)10-16(5)9-7-6-8-13(3,4)12(14)15/h11H,6-10H2,1-5H3,(H3,14,15). The maximum Gasteiger partial charge on any atom is 0.0963 e. The summed E-state index contributed by atoms with van der Waals surface area (Å²) in [6.07, 6.45) is 3.35. The maximum absolute atomic E-state index is 7.48. The molecule has 0 aliphatic carbocycles. The summed E-state index contributed by atoms with van der Waals surface area (Å²) < 4.78 is 0. The highest BCUT2D eigenvalue weighted by Crippen LogP contribution is 2.22. The van der Waals surface area contributed by atoms with Crippen molar-refractivity contribution in [3.63, 3.8) is 0 Å². The zero-order valence-electron chi connectivity index (χ0n) is 11.6. The molecule has 0 fully saturated rings. The quantitative estimate of drug-likeness (QED) is 0.380. The second-order valence-corrected chi connectivity index (χ2v) is 5.91. The minimum absolute atomic E-state index is 0.128. The number of nitrogens with two attached hydrogens (primary N) is 1. The highest BCUT2D eigenvalue weighted by molar-refractivity contribution is 5.82. The molecular formula is C13H29N3. The molecule has 0 amide bonds. The van der Waals surface area contributed by atoms with Gasteiger partial charge >= 0.3 is 0 Å². The number of nitrogens with zero attached hydrogens (tertiary/aromatic N) is 1. The zero-order valence-corrected chi connectivity index (χ0v) is 11.6. The highest BCUT2D eigenvalue weighted by atomic mass is 15.1. The van der Waals surface area contributed by atoms with Gasteiger partial charge in [-0.2, -0.15) is 0 Å². The summed E-state index contributed by atoms with van der Waals surface area (Å²) in [6, 6.07) is 0. The summed E-state index contributed by atoms with van der Waals surface area (Å²) in [5, 5.41) is 7.48. The Hall–Kier alpha value is -0.570. The van der Waals surface area contributed by atoms with E-state index in [1.54, 1.807) is 0 Å². The van der Waals surface area contributed by atoms with Gasteiger partial charge in [0.05, 0.1) is 5.84 Å². The van der Waals surface area contributed by atoms with Crippen LogP contribution in [0.4, 0.5) is 0 Å². The molecule has 3 nitrogen and oxygen atoms in total. The van der Waals surface area contributed by atoms with Gasteiger partial charge in [0.15, 0.2) is 0 Å². The number of unbranched alkanes of at least 4 members (excludes halogenated alkanes) is 1. The van der Waals surface area contributed by atoms with Gasteiger partial charge in [0.1, 0.15) is 0 Å². The molecule has 3 N–H and O–H groups in total. The van der Waals surface area contributed by atoms with Crippen LogP contribution in [0, 0.1) is 16.7 Å². The van der Waals surface area contributed by atoms with E-state index < -0.39 is 0 Å². The van der Waals surface area contributed by atoms with Crippen LogP contribution in [0.2, 0.25) is 0 Å². The third-order valence-electron chi connectivity index (χ3n) is 3.00. The van der Waals surface area contributed by atoms with Crippen LogP contribution in [0.1, 0.15) is 47.0 Å². The highest BCUT2D eigenvalue weighted by Gasteiger charge is 2.20. The fraction of sp³-hybridized carbons (Fsp3) is 0.923. The van der Waals surface area contributed by atoms with Gasteiger partial charge in [-0.1, -0.05) is 34.1 Å². The lowest BCUT2D eigenvalue weighted by Crippen LogP contribution is -2.31. The second-order valence-electron chi connectivity index (χ2n) is 5.91. The van der Waals surface area contributed by atoms with Crippen molar-refractivity contribution in [3.05, 3.63) is 0 Å². The molecule has 16 heavy (non-hydrogen) atoms. The molecule has 96 valence electrons. The van der Waals surface area contributed by atoms with Crippen molar-refractivity contribution in [2.45, 2.75) is 47.0 Å². The molecule has 0 spiro atoms. The van der Waals surface area contributed by atoms with E-state index in [2.05, 4.69) is 25.8 Å². The third-order valence-corrected chi connectivity index (χ3v) is 3.00. The molecule has 3 heteroatoms. The van der Waals surface area contributed by atoms with Gasteiger partial charge < -0.3 is 10.6 Å². The molecule has 0 bridgehead atoms. The van der Waals surface area contributed by atoms with Crippen LogP contribution in [-0.4, -0.2) is 30.9 Å².